The number of nitrogens with zero attached hydrogens (tertiary/aromatic N) is 2. The number of aryl methyl sites for hydroxylation is 2. The molecule has 14 heteroatoms. The number of H-pyrrole nitrogens is 2. The van der Waals surface area contributed by atoms with Crippen LogP contribution in [0.1, 0.15) is 97.9 Å². The number of aliphatic hydroxyl groups excluding tert-OH is 2. The SMILES string of the molecule is CC(=O)O[C@H]1C[C@H](O)[C@H](C)O[C@@H]1[C@]1(C)C(=O)c2cc3cc(C)c(cc4nc(cc5[nH]c(cc1n2)cc5C)C(=O)[C@@]4(C)[C@@H]1O[C@H](C)[C@H](O)C[C@H]1OC(C)=O)[nH]3. The first kappa shape index (κ1) is 37.6. The van der Waals surface area contributed by atoms with Crippen LogP contribution in [-0.2, 0) is 39.4 Å². The van der Waals surface area contributed by atoms with Crippen molar-refractivity contribution in [1.29, 1.82) is 0 Å². The van der Waals surface area contributed by atoms with Gasteiger partial charge in [0.15, 0.2) is 11.6 Å². The van der Waals surface area contributed by atoms with Crippen LogP contribution in [0.5, 0.6) is 0 Å². The summed E-state index contributed by atoms with van der Waals surface area (Å²) in [5, 5.41) is 21.3. The number of aromatic amines is 2. The lowest BCUT2D eigenvalue weighted by molar-refractivity contribution is -0.197. The topological polar surface area (TPSA) is 203 Å². The summed E-state index contributed by atoms with van der Waals surface area (Å²) < 4.78 is 23.9. The molecule has 14 nitrogen and oxygen atoms in total. The molecule has 54 heavy (non-hydrogen) atoms. The fourth-order valence-corrected chi connectivity index (χ4v) is 8.28. The van der Waals surface area contributed by atoms with E-state index in [2.05, 4.69) is 9.97 Å². The van der Waals surface area contributed by atoms with Crippen LogP contribution < -0.4 is 0 Å². The highest BCUT2D eigenvalue weighted by Crippen LogP contribution is 2.44. The van der Waals surface area contributed by atoms with E-state index in [1.165, 1.54) is 13.8 Å². The highest BCUT2D eigenvalue weighted by Gasteiger charge is 2.57. The van der Waals surface area contributed by atoms with Crippen molar-refractivity contribution in [1.82, 2.24) is 19.9 Å². The number of Topliss-reactive ketones (excluding diaryl/α,β-unsaturated/α-hetero) is 2. The lowest BCUT2D eigenvalue weighted by atomic mass is 9.73. The molecule has 4 aliphatic heterocycles. The number of carbonyl (C=O) groups is 4. The van der Waals surface area contributed by atoms with Crippen LogP contribution in [0.3, 0.4) is 0 Å². The maximum Gasteiger partial charge on any atom is 0.302 e. The number of fused-ring (bicyclic) bond motifs is 8. The Morgan fingerprint density at radius 1 is 0.704 bits per heavy atom. The van der Waals surface area contributed by atoms with Crippen LogP contribution in [0, 0.1) is 13.8 Å². The molecule has 0 saturated carbocycles. The second-order valence-electron chi connectivity index (χ2n) is 15.5. The van der Waals surface area contributed by atoms with Gasteiger partial charge in [0.1, 0.15) is 46.6 Å². The Labute approximate surface area is 311 Å². The van der Waals surface area contributed by atoms with Crippen molar-refractivity contribution >= 4 is 45.6 Å². The molecule has 0 aliphatic carbocycles. The van der Waals surface area contributed by atoms with Crippen LogP contribution >= 0.6 is 0 Å². The van der Waals surface area contributed by atoms with E-state index in [0.717, 1.165) is 11.1 Å². The van der Waals surface area contributed by atoms with Crippen LogP contribution in [0.2, 0.25) is 0 Å². The van der Waals surface area contributed by atoms with E-state index in [1.807, 2.05) is 26.0 Å². The normalized spacial score (nSPS) is 32.7. The average molecular weight is 743 g/mol. The molecule has 4 N–H and O–H groups in total. The van der Waals surface area contributed by atoms with Crippen molar-refractivity contribution in [2.45, 2.75) is 128 Å². The molecule has 2 fully saturated rings. The fraction of sp³-hybridized carbons (Fsp3) is 0.500. The zero-order valence-electron chi connectivity index (χ0n) is 31.6. The van der Waals surface area contributed by atoms with Gasteiger partial charge < -0.3 is 39.1 Å². The van der Waals surface area contributed by atoms with E-state index in [1.54, 1.807) is 52.0 Å². The summed E-state index contributed by atoms with van der Waals surface area (Å²) in [7, 11) is 0. The Bertz CT molecular complexity index is 2230. The molecule has 4 aliphatic rings. The standard InChI is InChI=1S/C40H46N4O10/c1-17-10-24-12-33-39(7,37-31(53-21(5)45)15-29(47)19(3)51-37)35(49)27(43-33)11-23-9-18(2)26(41-23)14-34-40(8,36(50)28(44-34)13-25(17)42-24)38-32(54-22(6)46)16-30(48)20(4)52-38/h9-14,19-20,29-32,37-38,41-42,47-48H,15-16H2,1-8H3/t19-,20+,29-,30+,31-,32+,37-,38+,39-,40-/m0/s1. The lowest BCUT2D eigenvalue weighted by Gasteiger charge is -2.44. The Kier molecular flexibility index (Phi) is 9.40. The number of aliphatic hydroxyl groups is 2. The van der Waals surface area contributed by atoms with Crippen LogP contribution in [0.15, 0.2) is 36.4 Å². The number of rotatable bonds is 4. The summed E-state index contributed by atoms with van der Waals surface area (Å²) in [4.78, 5) is 70.1. The molecular weight excluding hydrogens is 696 g/mol. The first-order valence-electron chi connectivity index (χ1n) is 18.2. The van der Waals surface area contributed by atoms with Gasteiger partial charge in [-0.05, 0) is 89.1 Å². The van der Waals surface area contributed by atoms with Gasteiger partial charge in [-0.25, -0.2) is 9.97 Å². The van der Waals surface area contributed by atoms with E-state index in [0.29, 0.717) is 33.5 Å². The minimum Gasteiger partial charge on any atom is -0.460 e. The summed E-state index contributed by atoms with van der Waals surface area (Å²) in [6.07, 6.45) is -6.74. The van der Waals surface area contributed by atoms with Gasteiger partial charge in [-0.1, -0.05) is 0 Å². The largest absolute Gasteiger partial charge is 0.460 e. The third-order valence-electron chi connectivity index (χ3n) is 11.5. The molecule has 2 saturated heterocycles. The van der Waals surface area contributed by atoms with Gasteiger partial charge in [0.25, 0.3) is 0 Å². The lowest BCUT2D eigenvalue weighted by Crippen LogP contribution is -2.57. The van der Waals surface area contributed by atoms with E-state index < -0.39 is 71.6 Å². The molecule has 3 aromatic heterocycles. The molecule has 0 amide bonds. The van der Waals surface area contributed by atoms with Crippen molar-refractivity contribution in [2.24, 2.45) is 0 Å². The molecule has 8 bridgehead atoms. The molecule has 0 unspecified atom stereocenters. The van der Waals surface area contributed by atoms with Gasteiger partial charge in [0, 0.05) is 48.8 Å². The second kappa shape index (κ2) is 13.5. The number of esters is 2. The van der Waals surface area contributed by atoms with Crippen LogP contribution in [0.25, 0.3) is 22.1 Å². The summed E-state index contributed by atoms with van der Waals surface area (Å²) in [5.74, 6) is -1.83. The number of ketones is 2. The van der Waals surface area contributed by atoms with Gasteiger partial charge in [0.05, 0.1) is 35.8 Å². The molecule has 0 aromatic carbocycles. The van der Waals surface area contributed by atoms with Crippen molar-refractivity contribution in [2.75, 3.05) is 0 Å². The summed E-state index contributed by atoms with van der Waals surface area (Å²) in [6.45, 7) is 13.1. The number of nitrogens with one attached hydrogen (secondary N) is 2. The number of hydrogen-bond acceptors (Lipinski definition) is 12. The van der Waals surface area contributed by atoms with Crippen LogP contribution in [0.4, 0.5) is 0 Å². The number of carbonyl (C=O) groups excluding carboxylic acids is 4. The van der Waals surface area contributed by atoms with Crippen molar-refractivity contribution in [3.05, 3.63) is 70.3 Å². The second-order valence-corrected chi connectivity index (χ2v) is 15.5. The predicted molar refractivity (Wildman–Crippen MR) is 195 cm³/mol. The van der Waals surface area contributed by atoms with Gasteiger partial charge in [-0.3, -0.25) is 19.2 Å². The van der Waals surface area contributed by atoms with E-state index in [-0.39, 0.29) is 35.8 Å². The highest BCUT2D eigenvalue weighted by molar-refractivity contribution is 6.07. The zero-order valence-corrected chi connectivity index (χ0v) is 31.6. The maximum absolute atomic E-state index is 14.7. The summed E-state index contributed by atoms with van der Waals surface area (Å²) >= 11 is 0. The van der Waals surface area contributed by atoms with Crippen molar-refractivity contribution in [3.8, 4) is 0 Å². The fourth-order valence-electron chi connectivity index (χ4n) is 8.28. The van der Waals surface area contributed by atoms with Gasteiger partial charge in [-0.2, -0.15) is 0 Å². The van der Waals surface area contributed by atoms with Crippen molar-refractivity contribution < 1.29 is 48.3 Å². The highest BCUT2D eigenvalue weighted by atomic mass is 16.6. The van der Waals surface area contributed by atoms with E-state index in [9.17, 15) is 29.4 Å². The molecule has 286 valence electrons. The smallest absolute Gasteiger partial charge is 0.302 e. The summed E-state index contributed by atoms with van der Waals surface area (Å²) in [5.41, 5.74) is 2.05. The molecule has 3 aromatic rings. The van der Waals surface area contributed by atoms with Gasteiger partial charge >= 0.3 is 11.9 Å². The third-order valence-corrected chi connectivity index (χ3v) is 11.5. The molecule has 10 atom stereocenters. The molecule has 0 radical (unpaired) electrons. The van der Waals surface area contributed by atoms with Gasteiger partial charge in [-0.15, -0.1) is 0 Å². The van der Waals surface area contributed by atoms with E-state index >= 15 is 0 Å². The first-order chi connectivity index (χ1) is 25.4. The van der Waals surface area contributed by atoms with E-state index in [4.69, 9.17) is 28.9 Å². The Balaban J connectivity index is 1.45. The predicted octanol–water partition coefficient (Wildman–Crippen LogP) is 4.15. The molecule has 7 rings (SSSR count). The average Bonchev–Trinajstić information content (AvgIpc) is 3.76. The summed E-state index contributed by atoms with van der Waals surface area (Å²) in [6, 6.07) is 10.5. The number of aromatic nitrogens is 4. The minimum atomic E-state index is -1.43. The Hall–Kier alpha value is -4.76. The molecular formula is C40H46N4O10. The quantitative estimate of drug-likeness (QED) is 0.279. The Morgan fingerprint density at radius 3 is 1.57 bits per heavy atom. The third kappa shape index (κ3) is 6.24. The maximum atomic E-state index is 14.7. The number of ether oxygens (including phenoxy) is 4. The zero-order chi connectivity index (χ0) is 39.0. The minimum absolute atomic E-state index is 0.0804. The monoisotopic (exact) mass is 742 g/mol. The van der Waals surface area contributed by atoms with Crippen molar-refractivity contribution in [3.63, 3.8) is 0 Å². The van der Waals surface area contributed by atoms with Gasteiger partial charge in [0.2, 0.25) is 0 Å². The molecule has 7 heterocycles. The molecule has 0 spiro atoms. The van der Waals surface area contributed by atoms with Crippen LogP contribution in [-0.4, -0.2) is 102 Å². The Morgan fingerprint density at radius 2 is 1.11 bits per heavy atom. The number of hydrogen-bond donors (Lipinski definition) is 4. The first-order valence-corrected chi connectivity index (χ1v) is 18.2.